The van der Waals surface area contributed by atoms with Crippen LogP contribution in [0.15, 0.2) is 24.3 Å². The number of amides is 2. The number of rotatable bonds is 3. The summed E-state index contributed by atoms with van der Waals surface area (Å²) in [6, 6.07) is 9.43. The van der Waals surface area contributed by atoms with Gasteiger partial charge in [-0.25, -0.2) is 0 Å². The molecule has 1 aromatic heterocycles. The third-order valence-electron chi connectivity index (χ3n) is 5.25. The molecule has 1 aliphatic carbocycles. The first-order chi connectivity index (χ1) is 13.5. The quantitative estimate of drug-likeness (QED) is 0.862. The van der Waals surface area contributed by atoms with Crippen molar-refractivity contribution in [3.8, 4) is 11.8 Å². The Labute approximate surface area is 167 Å². The lowest BCUT2D eigenvalue weighted by Gasteiger charge is -2.32. The molecule has 1 N–H and O–H groups in total. The number of hydrogen-bond acceptors (Lipinski definition) is 5. The number of benzene rings is 1. The minimum Gasteiger partial charge on any atom is -0.479 e. The molecule has 2 atom stereocenters. The number of carbonyl (C=O) groups is 2. The molecule has 6 nitrogen and oxygen atoms in total. The zero-order chi connectivity index (χ0) is 19.8. The van der Waals surface area contributed by atoms with Gasteiger partial charge < -0.3 is 10.1 Å². The van der Waals surface area contributed by atoms with E-state index in [2.05, 4.69) is 18.3 Å². The molecule has 1 aromatic carbocycles. The van der Waals surface area contributed by atoms with E-state index < -0.39 is 6.10 Å². The van der Waals surface area contributed by atoms with Gasteiger partial charge in [-0.2, -0.15) is 5.26 Å². The summed E-state index contributed by atoms with van der Waals surface area (Å²) in [7, 11) is 0. The van der Waals surface area contributed by atoms with Crippen molar-refractivity contribution in [3.05, 3.63) is 40.3 Å². The third-order valence-corrected chi connectivity index (χ3v) is 6.42. The molecule has 0 saturated carbocycles. The van der Waals surface area contributed by atoms with Crippen LogP contribution in [-0.2, 0) is 22.4 Å². The van der Waals surface area contributed by atoms with Crippen molar-refractivity contribution in [2.45, 2.75) is 39.2 Å². The van der Waals surface area contributed by atoms with Gasteiger partial charge in [0.2, 0.25) is 5.91 Å². The van der Waals surface area contributed by atoms with Gasteiger partial charge in [-0.05, 0) is 49.8 Å². The van der Waals surface area contributed by atoms with E-state index in [0.717, 1.165) is 24.8 Å². The highest BCUT2D eigenvalue weighted by Gasteiger charge is 2.33. The maximum Gasteiger partial charge on any atom is 0.268 e. The van der Waals surface area contributed by atoms with Gasteiger partial charge in [0, 0.05) is 4.88 Å². The first-order valence-electron chi connectivity index (χ1n) is 9.39. The second-order valence-electron chi connectivity index (χ2n) is 7.37. The van der Waals surface area contributed by atoms with E-state index in [4.69, 9.17) is 4.74 Å². The fourth-order valence-electron chi connectivity index (χ4n) is 3.79. The molecule has 2 heterocycles. The molecule has 2 aliphatic rings. The second-order valence-corrected chi connectivity index (χ2v) is 8.47. The molecule has 0 fully saturated rings. The van der Waals surface area contributed by atoms with E-state index in [-0.39, 0.29) is 18.4 Å². The zero-order valence-corrected chi connectivity index (χ0v) is 16.6. The van der Waals surface area contributed by atoms with Gasteiger partial charge in [0.15, 0.2) is 6.10 Å². The number of carbonyl (C=O) groups excluding carboxylic acids is 2. The number of nitriles is 1. The summed E-state index contributed by atoms with van der Waals surface area (Å²) < 4.78 is 5.61. The Morgan fingerprint density at radius 1 is 1.39 bits per heavy atom. The van der Waals surface area contributed by atoms with Gasteiger partial charge in [0.1, 0.15) is 23.4 Å². The highest BCUT2D eigenvalue weighted by molar-refractivity contribution is 7.16. The zero-order valence-electron chi connectivity index (χ0n) is 15.8. The van der Waals surface area contributed by atoms with Crippen molar-refractivity contribution in [1.29, 1.82) is 5.26 Å². The molecular formula is C21H21N3O3S. The van der Waals surface area contributed by atoms with E-state index in [1.807, 2.05) is 6.07 Å². The molecule has 0 bridgehead atoms. The van der Waals surface area contributed by atoms with Crippen molar-refractivity contribution in [2.75, 3.05) is 16.8 Å². The van der Waals surface area contributed by atoms with Crippen molar-refractivity contribution < 1.29 is 14.3 Å². The summed E-state index contributed by atoms with van der Waals surface area (Å²) in [6.45, 7) is 3.76. The van der Waals surface area contributed by atoms with Crippen LogP contribution in [0.4, 0.5) is 10.7 Å². The topological polar surface area (TPSA) is 82.4 Å². The van der Waals surface area contributed by atoms with Crippen molar-refractivity contribution in [2.24, 2.45) is 5.92 Å². The minimum atomic E-state index is -0.645. The Kier molecular flexibility index (Phi) is 4.82. The largest absolute Gasteiger partial charge is 0.479 e. The number of thiophene rings is 1. The normalized spacial score (nSPS) is 20.6. The molecular weight excluding hydrogens is 374 g/mol. The first-order valence-corrected chi connectivity index (χ1v) is 10.2. The predicted molar refractivity (Wildman–Crippen MR) is 108 cm³/mol. The summed E-state index contributed by atoms with van der Waals surface area (Å²) >= 11 is 1.49. The molecule has 144 valence electrons. The lowest BCUT2D eigenvalue weighted by Crippen LogP contribution is -2.47. The van der Waals surface area contributed by atoms with Gasteiger partial charge in [0.25, 0.3) is 5.91 Å². The lowest BCUT2D eigenvalue weighted by atomic mass is 9.89. The van der Waals surface area contributed by atoms with Gasteiger partial charge >= 0.3 is 0 Å². The molecule has 7 heteroatoms. The van der Waals surface area contributed by atoms with Gasteiger partial charge in [-0.3, -0.25) is 14.5 Å². The number of hydrogen-bond donors (Lipinski definition) is 1. The Balaban J connectivity index is 1.56. The van der Waals surface area contributed by atoms with E-state index in [1.54, 1.807) is 25.1 Å². The summed E-state index contributed by atoms with van der Waals surface area (Å²) in [5.41, 5.74) is 2.23. The highest BCUT2D eigenvalue weighted by Crippen LogP contribution is 2.39. The fourth-order valence-corrected chi connectivity index (χ4v) is 5.17. The second kappa shape index (κ2) is 7.28. The first kappa shape index (κ1) is 18.5. The number of anilines is 2. The van der Waals surface area contributed by atoms with Crippen molar-refractivity contribution >= 4 is 33.8 Å². The summed E-state index contributed by atoms with van der Waals surface area (Å²) in [4.78, 5) is 27.9. The number of fused-ring (bicyclic) bond motifs is 2. The molecule has 2 unspecified atom stereocenters. The Bertz CT molecular complexity index is 991. The highest BCUT2D eigenvalue weighted by atomic mass is 32.1. The minimum absolute atomic E-state index is 0.118. The van der Waals surface area contributed by atoms with Gasteiger partial charge in [-0.15, -0.1) is 11.3 Å². The fraction of sp³-hybridized carbons (Fsp3) is 0.381. The number of para-hydroxylation sites is 2. The standard InChI is InChI=1S/C21H21N3O3S/c1-12-7-8-14-15(10-22)20(28-18(14)9-12)23-19(25)11-24-16-5-3-4-6-17(16)27-13(2)21(24)26/h3-6,12-13H,7-9,11H2,1-2H3,(H,23,25). The average Bonchev–Trinajstić information content (AvgIpc) is 3.01. The van der Waals surface area contributed by atoms with Crippen molar-refractivity contribution in [3.63, 3.8) is 0 Å². The number of ether oxygens (including phenoxy) is 1. The molecule has 28 heavy (non-hydrogen) atoms. The smallest absolute Gasteiger partial charge is 0.268 e. The summed E-state index contributed by atoms with van der Waals surface area (Å²) in [5, 5.41) is 13.1. The van der Waals surface area contributed by atoms with Crippen molar-refractivity contribution in [1.82, 2.24) is 0 Å². The number of nitrogens with one attached hydrogen (secondary N) is 1. The monoisotopic (exact) mass is 395 g/mol. The maximum absolute atomic E-state index is 12.7. The van der Waals surface area contributed by atoms with Crippen LogP contribution in [0.3, 0.4) is 0 Å². The number of nitrogens with zero attached hydrogens (tertiary/aromatic N) is 2. The van der Waals surface area contributed by atoms with Gasteiger partial charge in [0.05, 0.1) is 11.3 Å². The van der Waals surface area contributed by atoms with Crippen LogP contribution in [0.5, 0.6) is 5.75 Å². The van der Waals surface area contributed by atoms with Crippen LogP contribution in [0.2, 0.25) is 0 Å². The molecule has 1 aliphatic heterocycles. The summed E-state index contributed by atoms with van der Waals surface area (Å²) in [5.74, 6) is 0.597. The summed E-state index contributed by atoms with van der Waals surface area (Å²) in [6.07, 6.45) is 2.23. The van der Waals surface area contributed by atoms with E-state index in [9.17, 15) is 14.9 Å². The molecule has 0 spiro atoms. The third kappa shape index (κ3) is 3.25. The molecule has 0 radical (unpaired) electrons. The van der Waals surface area contributed by atoms with Crippen LogP contribution >= 0.6 is 11.3 Å². The molecule has 4 rings (SSSR count). The van der Waals surface area contributed by atoms with Crippen LogP contribution in [0, 0.1) is 17.2 Å². The van der Waals surface area contributed by atoms with E-state index in [0.29, 0.717) is 27.9 Å². The average molecular weight is 395 g/mol. The van der Waals surface area contributed by atoms with Crippen LogP contribution in [0.1, 0.15) is 36.3 Å². The van der Waals surface area contributed by atoms with Crippen LogP contribution < -0.4 is 15.0 Å². The Morgan fingerprint density at radius 2 is 2.18 bits per heavy atom. The predicted octanol–water partition coefficient (Wildman–Crippen LogP) is 3.50. The van der Waals surface area contributed by atoms with Crippen LogP contribution in [0.25, 0.3) is 0 Å². The molecule has 2 aromatic rings. The van der Waals surface area contributed by atoms with E-state index >= 15 is 0 Å². The SMILES string of the molecule is CC1CCc2c(sc(NC(=O)CN3C(=O)C(C)Oc4ccccc43)c2C#N)C1. The van der Waals surface area contributed by atoms with Gasteiger partial charge in [-0.1, -0.05) is 19.1 Å². The maximum atomic E-state index is 12.7. The van der Waals surface area contributed by atoms with E-state index in [1.165, 1.54) is 21.1 Å². The van der Waals surface area contributed by atoms with Crippen LogP contribution in [-0.4, -0.2) is 24.5 Å². The molecule has 0 saturated heterocycles. The lowest BCUT2D eigenvalue weighted by molar-refractivity contribution is -0.127. The Morgan fingerprint density at radius 3 is 2.96 bits per heavy atom. The Hall–Kier alpha value is -2.85. The molecule has 2 amide bonds.